The van der Waals surface area contributed by atoms with Crippen LogP contribution < -0.4 is 18.9 Å². The summed E-state index contributed by atoms with van der Waals surface area (Å²) in [6.07, 6.45) is 6.11. The van der Waals surface area contributed by atoms with Crippen LogP contribution in [-0.4, -0.2) is 29.7 Å². The van der Waals surface area contributed by atoms with E-state index in [2.05, 4.69) is 26.3 Å². The minimum Gasteiger partial charge on any atom is -0.419 e. The van der Waals surface area contributed by atoms with Crippen molar-refractivity contribution in [3.8, 4) is 23.0 Å². The molecular weight excluding hydrogens is 468 g/mol. The van der Waals surface area contributed by atoms with Gasteiger partial charge in [-0.05, 0) is 36.4 Å². The normalized spacial score (nSPS) is 10.0. The number of carbonyl (C=O) groups is 5. The van der Waals surface area contributed by atoms with Crippen molar-refractivity contribution in [3.63, 3.8) is 0 Å². The van der Waals surface area contributed by atoms with Crippen LogP contribution in [-0.2, 0) is 19.2 Å². The number of hydrogen-bond acceptors (Lipinski definition) is 9. The summed E-state index contributed by atoms with van der Waals surface area (Å²) >= 11 is 0. The highest BCUT2D eigenvalue weighted by atomic mass is 16.6. The summed E-state index contributed by atoms with van der Waals surface area (Å²) in [5.74, 6) is -4.35. The number of carbonyl (C=O) groups excluding carboxylic acids is 5. The molecule has 0 atom stereocenters. The first-order valence-corrected chi connectivity index (χ1v) is 10.1. The van der Waals surface area contributed by atoms with E-state index in [9.17, 15) is 24.0 Å². The molecule has 0 aliphatic rings. The van der Waals surface area contributed by atoms with Crippen molar-refractivity contribution in [3.05, 3.63) is 104 Å². The lowest BCUT2D eigenvalue weighted by atomic mass is 10.1. The smallest absolute Gasteiger partial charge is 0.335 e. The zero-order valence-corrected chi connectivity index (χ0v) is 18.9. The van der Waals surface area contributed by atoms with Crippen molar-refractivity contribution in [1.29, 1.82) is 0 Å². The Hall–Kier alpha value is -5.31. The zero-order chi connectivity index (χ0) is 26.7. The van der Waals surface area contributed by atoms with Crippen molar-refractivity contribution < 1.29 is 42.9 Å². The average molecular weight is 488 g/mol. The molecule has 0 aromatic heterocycles. The van der Waals surface area contributed by atoms with Crippen LogP contribution in [0.25, 0.3) is 6.08 Å². The van der Waals surface area contributed by atoms with Crippen LogP contribution in [0.3, 0.4) is 0 Å². The maximum absolute atomic E-state index is 12.8. The van der Waals surface area contributed by atoms with Crippen LogP contribution in [0.2, 0.25) is 0 Å². The number of esters is 4. The second-order valence-electron chi connectivity index (χ2n) is 6.53. The number of ketones is 1. The van der Waals surface area contributed by atoms with Crippen molar-refractivity contribution in [2.45, 2.75) is 0 Å². The monoisotopic (exact) mass is 488 g/mol. The molecular formula is C27H20O9. The molecule has 2 rings (SSSR count). The summed E-state index contributed by atoms with van der Waals surface area (Å²) < 4.78 is 20.4. The van der Waals surface area contributed by atoms with Crippen LogP contribution in [0.15, 0.2) is 93.1 Å². The standard InChI is InChI=1S/C27H20O9/c1-5-23(29)33-20-15-13-18(16-22(20)35-25(31)7-3)19(28)14-12-17-10-9-11-21(34-24(30)6-2)27(17)36-26(32)8-4/h5-16H,1-4H2/b14-12+. The number of hydrogen-bond donors (Lipinski definition) is 0. The van der Waals surface area contributed by atoms with Crippen molar-refractivity contribution in [2.24, 2.45) is 0 Å². The molecule has 2 aromatic rings. The molecule has 0 radical (unpaired) electrons. The highest BCUT2D eigenvalue weighted by Gasteiger charge is 2.17. The van der Waals surface area contributed by atoms with E-state index in [1.807, 2.05) is 0 Å². The molecule has 0 amide bonds. The van der Waals surface area contributed by atoms with Crippen molar-refractivity contribution >= 4 is 35.7 Å². The Balaban J connectivity index is 2.44. The van der Waals surface area contributed by atoms with Crippen LogP contribution in [0.5, 0.6) is 23.0 Å². The second-order valence-corrected chi connectivity index (χ2v) is 6.53. The highest BCUT2D eigenvalue weighted by molar-refractivity contribution is 6.07. The third kappa shape index (κ3) is 7.35. The van der Waals surface area contributed by atoms with Gasteiger partial charge in [-0.3, -0.25) is 4.79 Å². The Morgan fingerprint density at radius 3 is 1.72 bits per heavy atom. The fraction of sp³-hybridized carbons (Fsp3) is 0. The molecule has 9 nitrogen and oxygen atoms in total. The minimum absolute atomic E-state index is 0.0652. The molecule has 0 unspecified atom stereocenters. The average Bonchev–Trinajstić information content (AvgIpc) is 2.88. The first-order valence-electron chi connectivity index (χ1n) is 10.1. The highest BCUT2D eigenvalue weighted by Crippen LogP contribution is 2.33. The molecule has 0 spiro atoms. The predicted octanol–water partition coefficient (Wildman–Crippen LogP) is 3.95. The second kappa shape index (κ2) is 12.8. The van der Waals surface area contributed by atoms with E-state index in [4.69, 9.17) is 18.9 Å². The van der Waals surface area contributed by atoms with E-state index in [0.717, 1.165) is 30.4 Å². The predicted molar refractivity (Wildman–Crippen MR) is 130 cm³/mol. The van der Waals surface area contributed by atoms with Gasteiger partial charge < -0.3 is 18.9 Å². The number of para-hydroxylation sites is 1. The molecule has 36 heavy (non-hydrogen) atoms. The number of ether oxygens (including phenoxy) is 4. The first kappa shape index (κ1) is 26.9. The maximum Gasteiger partial charge on any atom is 0.335 e. The lowest BCUT2D eigenvalue weighted by Gasteiger charge is -2.11. The SMILES string of the molecule is C=CC(=O)Oc1ccc(C(=O)/C=C/c2cccc(OC(=O)C=C)c2OC(=O)C=C)cc1OC(=O)C=C. The lowest BCUT2D eigenvalue weighted by molar-refractivity contribution is -0.131. The maximum atomic E-state index is 12.8. The van der Waals surface area contributed by atoms with Crippen molar-refractivity contribution in [2.75, 3.05) is 0 Å². The summed E-state index contributed by atoms with van der Waals surface area (Å²) in [5, 5.41) is 0. The van der Waals surface area contributed by atoms with Gasteiger partial charge in [-0.15, -0.1) is 0 Å². The van der Waals surface area contributed by atoms with Crippen LogP contribution >= 0.6 is 0 Å². The first-order chi connectivity index (χ1) is 17.2. The largest absolute Gasteiger partial charge is 0.419 e. The quantitative estimate of drug-likeness (QED) is 0.200. The van der Waals surface area contributed by atoms with Gasteiger partial charge >= 0.3 is 23.9 Å². The van der Waals surface area contributed by atoms with Gasteiger partial charge in [-0.1, -0.05) is 38.4 Å². The van der Waals surface area contributed by atoms with E-state index in [0.29, 0.717) is 0 Å². The van der Waals surface area contributed by atoms with E-state index < -0.39 is 29.7 Å². The molecule has 0 fully saturated rings. The number of rotatable bonds is 11. The van der Waals surface area contributed by atoms with Gasteiger partial charge in [-0.25, -0.2) is 19.2 Å². The van der Waals surface area contributed by atoms with E-state index in [-0.39, 0.29) is 34.1 Å². The van der Waals surface area contributed by atoms with Gasteiger partial charge in [0.1, 0.15) is 0 Å². The van der Waals surface area contributed by atoms with Gasteiger partial charge in [0.05, 0.1) is 0 Å². The van der Waals surface area contributed by atoms with Gasteiger partial charge in [0.15, 0.2) is 28.8 Å². The van der Waals surface area contributed by atoms with Crippen molar-refractivity contribution in [1.82, 2.24) is 0 Å². The molecule has 2 aromatic carbocycles. The summed E-state index contributed by atoms with van der Waals surface area (Å²) in [5.41, 5.74) is 0.290. The lowest BCUT2D eigenvalue weighted by Crippen LogP contribution is -2.10. The van der Waals surface area contributed by atoms with Crippen LogP contribution in [0, 0.1) is 0 Å². The minimum atomic E-state index is -0.842. The van der Waals surface area contributed by atoms with Gasteiger partial charge in [0, 0.05) is 35.4 Å². The van der Waals surface area contributed by atoms with Crippen LogP contribution in [0.1, 0.15) is 15.9 Å². The Morgan fingerprint density at radius 2 is 1.14 bits per heavy atom. The Labute approximate surface area is 206 Å². The fourth-order valence-corrected chi connectivity index (χ4v) is 2.53. The molecule has 0 saturated carbocycles. The molecule has 0 aliphatic heterocycles. The van der Waals surface area contributed by atoms with Gasteiger partial charge in [-0.2, -0.15) is 0 Å². The molecule has 0 aliphatic carbocycles. The van der Waals surface area contributed by atoms with E-state index >= 15 is 0 Å². The topological polar surface area (TPSA) is 122 Å². The van der Waals surface area contributed by atoms with Gasteiger partial charge in [0.2, 0.25) is 0 Å². The number of allylic oxidation sites excluding steroid dienone is 1. The summed E-state index contributed by atoms with van der Waals surface area (Å²) in [6.45, 7) is 13.2. The fourth-order valence-electron chi connectivity index (χ4n) is 2.53. The Morgan fingerprint density at radius 1 is 0.611 bits per heavy atom. The molecule has 0 saturated heterocycles. The zero-order valence-electron chi connectivity index (χ0n) is 18.9. The summed E-state index contributed by atoms with van der Waals surface area (Å²) in [4.78, 5) is 59.5. The van der Waals surface area contributed by atoms with Gasteiger partial charge in [0.25, 0.3) is 0 Å². The molecule has 0 bridgehead atoms. The Kier molecular flexibility index (Phi) is 9.58. The third-order valence-electron chi connectivity index (χ3n) is 4.15. The molecule has 182 valence electrons. The number of benzene rings is 2. The Bertz CT molecular complexity index is 1300. The van der Waals surface area contributed by atoms with E-state index in [1.54, 1.807) is 0 Å². The molecule has 9 heteroatoms. The van der Waals surface area contributed by atoms with E-state index in [1.165, 1.54) is 42.5 Å². The summed E-state index contributed by atoms with van der Waals surface area (Å²) in [7, 11) is 0. The summed E-state index contributed by atoms with van der Waals surface area (Å²) in [6, 6.07) is 8.20. The molecule has 0 N–H and O–H groups in total. The molecule has 0 heterocycles. The third-order valence-corrected chi connectivity index (χ3v) is 4.15. The van der Waals surface area contributed by atoms with Crippen LogP contribution in [0.4, 0.5) is 0 Å².